The van der Waals surface area contributed by atoms with Gasteiger partial charge in [-0.25, -0.2) is 4.39 Å². The van der Waals surface area contributed by atoms with E-state index in [1.807, 2.05) is 13.8 Å². The lowest BCUT2D eigenvalue weighted by molar-refractivity contribution is 0.417. The molecule has 11 heavy (non-hydrogen) atoms. The van der Waals surface area contributed by atoms with Crippen LogP contribution in [0.2, 0.25) is 0 Å². The fourth-order valence-corrected chi connectivity index (χ4v) is 0.499. The van der Waals surface area contributed by atoms with Gasteiger partial charge in [0.2, 0.25) is 0 Å². The SMILES string of the molecule is C=C/C=C(\C=C)C(C)F.CC. The molecule has 0 nitrogen and oxygen atoms in total. The Balaban J connectivity index is 0. The van der Waals surface area contributed by atoms with E-state index in [1.54, 1.807) is 12.2 Å². The molecular formula is C10H17F. The smallest absolute Gasteiger partial charge is 0.122 e. The molecule has 0 aliphatic heterocycles. The van der Waals surface area contributed by atoms with E-state index < -0.39 is 6.17 Å². The highest BCUT2D eigenvalue weighted by Gasteiger charge is 1.98. The maximum atomic E-state index is 12.4. The monoisotopic (exact) mass is 156 g/mol. The van der Waals surface area contributed by atoms with Crippen molar-refractivity contribution < 1.29 is 4.39 Å². The zero-order valence-electron chi connectivity index (χ0n) is 7.60. The number of hydrogen-bond acceptors (Lipinski definition) is 0. The summed E-state index contributed by atoms with van der Waals surface area (Å²) in [6.45, 7) is 12.4. The Bertz CT molecular complexity index is 132. The van der Waals surface area contributed by atoms with Crippen molar-refractivity contribution in [2.24, 2.45) is 0 Å². The van der Waals surface area contributed by atoms with E-state index in [0.717, 1.165) is 0 Å². The normalized spacial score (nSPS) is 12.5. The summed E-state index contributed by atoms with van der Waals surface area (Å²) >= 11 is 0. The van der Waals surface area contributed by atoms with Crippen molar-refractivity contribution in [3.05, 3.63) is 37.0 Å². The van der Waals surface area contributed by atoms with Crippen molar-refractivity contribution in [3.8, 4) is 0 Å². The fraction of sp³-hybridized carbons (Fsp3) is 0.400. The summed E-state index contributed by atoms with van der Waals surface area (Å²) in [5, 5.41) is 0. The molecule has 0 fully saturated rings. The molecule has 1 atom stereocenters. The number of halogens is 1. The summed E-state index contributed by atoms with van der Waals surface area (Å²) in [6.07, 6.45) is 3.71. The topological polar surface area (TPSA) is 0 Å². The van der Waals surface area contributed by atoms with Crippen LogP contribution in [0.15, 0.2) is 37.0 Å². The minimum atomic E-state index is -0.944. The zero-order valence-corrected chi connectivity index (χ0v) is 7.60. The Morgan fingerprint density at radius 1 is 1.36 bits per heavy atom. The third kappa shape index (κ3) is 7.04. The highest BCUT2D eigenvalue weighted by molar-refractivity contribution is 5.24. The number of alkyl halides is 1. The molecule has 0 radical (unpaired) electrons. The lowest BCUT2D eigenvalue weighted by Crippen LogP contribution is -1.93. The van der Waals surface area contributed by atoms with Crippen LogP contribution in [0.25, 0.3) is 0 Å². The maximum Gasteiger partial charge on any atom is 0.122 e. The van der Waals surface area contributed by atoms with Gasteiger partial charge in [0.15, 0.2) is 0 Å². The molecule has 0 heterocycles. The second-order valence-electron chi connectivity index (χ2n) is 1.72. The molecule has 0 aliphatic carbocycles. The molecule has 0 spiro atoms. The van der Waals surface area contributed by atoms with Gasteiger partial charge in [-0.15, -0.1) is 0 Å². The Hall–Kier alpha value is -0.850. The molecule has 0 saturated heterocycles. The van der Waals surface area contributed by atoms with Crippen molar-refractivity contribution in [3.63, 3.8) is 0 Å². The van der Waals surface area contributed by atoms with E-state index in [9.17, 15) is 4.39 Å². The fourth-order valence-electron chi connectivity index (χ4n) is 0.499. The highest BCUT2D eigenvalue weighted by Crippen LogP contribution is 2.06. The van der Waals surface area contributed by atoms with E-state index in [2.05, 4.69) is 13.2 Å². The van der Waals surface area contributed by atoms with Crippen LogP contribution in [0.4, 0.5) is 4.39 Å². The second kappa shape index (κ2) is 9.15. The predicted octanol–water partition coefficient (Wildman–Crippen LogP) is 3.67. The average molecular weight is 156 g/mol. The summed E-state index contributed by atoms with van der Waals surface area (Å²) < 4.78 is 12.4. The van der Waals surface area contributed by atoms with Gasteiger partial charge >= 0.3 is 0 Å². The van der Waals surface area contributed by atoms with Crippen LogP contribution >= 0.6 is 0 Å². The quantitative estimate of drug-likeness (QED) is 0.547. The molecular weight excluding hydrogens is 139 g/mol. The van der Waals surface area contributed by atoms with Gasteiger partial charge in [-0.2, -0.15) is 0 Å². The third-order valence-corrected chi connectivity index (χ3v) is 1.01. The minimum Gasteiger partial charge on any atom is -0.243 e. The summed E-state index contributed by atoms with van der Waals surface area (Å²) in [4.78, 5) is 0. The van der Waals surface area contributed by atoms with Crippen molar-refractivity contribution in [1.29, 1.82) is 0 Å². The largest absolute Gasteiger partial charge is 0.243 e. The molecule has 0 bridgehead atoms. The van der Waals surface area contributed by atoms with E-state index >= 15 is 0 Å². The Morgan fingerprint density at radius 3 is 1.91 bits per heavy atom. The van der Waals surface area contributed by atoms with Gasteiger partial charge in [0.1, 0.15) is 6.17 Å². The first-order valence-corrected chi connectivity index (χ1v) is 3.81. The molecule has 0 aromatic carbocycles. The molecule has 0 rings (SSSR count). The van der Waals surface area contributed by atoms with Crippen molar-refractivity contribution in [2.75, 3.05) is 0 Å². The summed E-state index contributed by atoms with van der Waals surface area (Å²) in [5.74, 6) is 0. The molecule has 1 heteroatoms. The number of allylic oxidation sites excluding steroid dienone is 4. The molecule has 0 N–H and O–H groups in total. The molecule has 1 unspecified atom stereocenters. The van der Waals surface area contributed by atoms with E-state index in [-0.39, 0.29) is 0 Å². The Kier molecular flexibility index (Phi) is 10.6. The molecule has 0 amide bonds. The number of rotatable bonds is 3. The Morgan fingerprint density at radius 2 is 1.82 bits per heavy atom. The lowest BCUT2D eigenvalue weighted by Gasteiger charge is -1.98. The van der Waals surface area contributed by atoms with Gasteiger partial charge < -0.3 is 0 Å². The van der Waals surface area contributed by atoms with Gasteiger partial charge in [0, 0.05) is 0 Å². The molecule has 0 aromatic heterocycles. The number of hydrogen-bond donors (Lipinski definition) is 0. The average Bonchev–Trinajstić information content (AvgIpc) is 2.03. The van der Waals surface area contributed by atoms with Crippen LogP contribution in [0.3, 0.4) is 0 Å². The summed E-state index contributed by atoms with van der Waals surface area (Å²) in [6, 6.07) is 0. The van der Waals surface area contributed by atoms with Crippen molar-refractivity contribution in [1.82, 2.24) is 0 Å². The van der Waals surface area contributed by atoms with Crippen molar-refractivity contribution >= 4 is 0 Å². The minimum absolute atomic E-state index is 0.574. The first-order valence-electron chi connectivity index (χ1n) is 3.81. The molecule has 0 aromatic rings. The van der Waals surface area contributed by atoms with Crippen LogP contribution in [-0.4, -0.2) is 6.17 Å². The van der Waals surface area contributed by atoms with Crippen LogP contribution in [0.5, 0.6) is 0 Å². The third-order valence-electron chi connectivity index (χ3n) is 1.01. The Labute approximate surface area is 69.1 Å². The second-order valence-corrected chi connectivity index (χ2v) is 1.72. The van der Waals surface area contributed by atoms with E-state index in [1.165, 1.54) is 13.0 Å². The summed E-state index contributed by atoms with van der Waals surface area (Å²) in [5.41, 5.74) is 0.574. The van der Waals surface area contributed by atoms with Crippen LogP contribution in [-0.2, 0) is 0 Å². The van der Waals surface area contributed by atoms with E-state index in [4.69, 9.17) is 0 Å². The standard InChI is InChI=1S/C8H11F.C2H6/c1-4-6-8(5-2)7(3)9;1-2/h4-7H,1-2H2,3H3;1-2H3/b8-6+;. The first-order chi connectivity index (χ1) is 5.22. The van der Waals surface area contributed by atoms with E-state index in [0.29, 0.717) is 5.57 Å². The van der Waals surface area contributed by atoms with Gasteiger partial charge in [-0.05, 0) is 12.5 Å². The molecule has 64 valence electrons. The first kappa shape index (κ1) is 12.8. The maximum absolute atomic E-state index is 12.4. The molecule has 0 aliphatic rings. The lowest BCUT2D eigenvalue weighted by atomic mass is 10.2. The van der Waals surface area contributed by atoms with Crippen LogP contribution in [0, 0.1) is 0 Å². The van der Waals surface area contributed by atoms with Gasteiger partial charge in [-0.1, -0.05) is 45.2 Å². The predicted molar refractivity (Wildman–Crippen MR) is 50.4 cm³/mol. The highest BCUT2D eigenvalue weighted by atomic mass is 19.1. The van der Waals surface area contributed by atoms with Gasteiger partial charge in [0.05, 0.1) is 0 Å². The zero-order chi connectivity index (χ0) is 9.28. The summed E-state index contributed by atoms with van der Waals surface area (Å²) in [7, 11) is 0. The van der Waals surface area contributed by atoms with Crippen LogP contribution < -0.4 is 0 Å². The van der Waals surface area contributed by atoms with Crippen LogP contribution in [0.1, 0.15) is 20.8 Å². The van der Waals surface area contributed by atoms with Gasteiger partial charge in [0.25, 0.3) is 0 Å². The van der Waals surface area contributed by atoms with Gasteiger partial charge in [-0.3, -0.25) is 0 Å². The van der Waals surface area contributed by atoms with Crippen molar-refractivity contribution in [2.45, 2.75) is 26.9 Å². The molecule has 0 saturated carbocycles.